The third kappa shape index (κ3) is 4.89. The molecule has 5 rings (SSSR count). The van der Waals surface area contributed by atoms with Crippen molar-refractivity contribution in [2.75, 3.05) is 5.73 Å². The lowest BCUT2D eigenvalue weighted by atomic mass is 9.91. The predicted octanol–water partition coefficient (Wildman–Crippen LogP) is 4.91. The molecule has 8 nitrogen and oxygen atoms in total. The number of anilines is 1. The molecule has 3 N–H and O–H groups in total. The topological polar surface area (TPSA) is 108 Å². The fraction of sp³-hybridized carbons (Fsp3) is 0.357. The van der Waals surface area contributed by atoms with E-state index in [4.69, 9.17) is 15.6 Å². The summed E-state index contributed by atoms with van der Waals surface area (Å²) < 4.78 is 8.25. The normalized spacial score (nSPS) is 23.8. The zero-order chi connectivity index (χ0) is 25.1. The van der Waals surface area contributed by atoms with Crippen molar-refractivity contribution in [2.24, 2.45) is 0 Å². The van der Waals surface area contributed by atoms with Gasteiger partial charge in [0.1, 0.15) is 29.2 Å². The number of aromatic nitrogens is 4. The van der Waals surface area contributed by atoms with Crippen LogP contribution in [-0.2, 0) is 4.79 Å². The van der Waals surface area contributed by atoms with Crippen molar-refractivity contribution in [3.8, 4) is 17.0 Å². The van der Waals surface area contributed by atoms with E-state index >= 15 is 0 Å². The van der Waals surface area contributed by atoms with Crippen molar-refractivity contribution in [2.45, 2.75) is 63.6 Å². The maximum atomic E-state index is 11.9. The van der Waals surface area contributed by atoms with Crippen molar-refractivity contribution >= 4 is 22.8 Å². The number of ether oxygens (including phenoxy) is 1. The van der Waals surface area contributed by atoms with Gasteiger partial charge in [0.15, 0.2) is 5.65 Å². The Morgan fingerprint density at radius 2 is 1.94 bits per heavy atom. The molecule has 36 heavy (non-hydrogen) atoms. The fourth-order valence-electron chi connectivity index (χ4n) is 5.05. The first kappa shape index (κ1) is 23.8. The highest BCUT2D eigenvalue weighted by atomic mass is 16.5. The fourth-order valence-corrected chi connectivity index (χ4v) is 5.05. The number of carbonyl (C=O) groups is 1. The standard InChI is InChI=1S/C28H32N6O2/c1-3-7-23(35)32-20-10-12-21(13-11-20)34-27-24(26(29)30-18-31-27)25(33-34)19-8-14-22(15-9-19)36-28(2)16-5-4-6-17-28/h3-9,14-16,18,20-21H,10-13,17H2,1-2H3,(H,32,35)(H2,29,30,31)/b7-3+. The average molecular weight is 485 g/mol. The van der Waals surface area contributed by atoms with Gasteiger partial charge in [0, 0.05) is 18.0 Å². The number of fused-ring (bicyclic) bond motifs is 1. The second-order valence-corrected chi connectivity index (χ2v) is 9.70. The molecule has 0 radical (unpaired) electrons. The van der Waals surface area contributed by atoms with Crippen LogP contribution in [0.1, 0.15) is 52.0 Å². The predicted molar refractivity (Wildman–Crippen MR) is 141 cm³/mol. The number of benzene rings is 1. The Morgan fingerprint density at radius 3 is 2.64 bits per heavy atom. The molecule has 2 aliphatic rings. The molecule has 2 aliphatic carbocycles. The minimum atomic E-state index is -0.353. The molecule has 0 spiro atoms. The van der Waals surface area contributed by atoms with Gasteiger partial charge >= 0.3 is 0 Å². The van der Waals surface area contributed by atoms with Crippen LogP contribution in [0.3, 0.4) is 0 Å². The van der Waals surface area contributed by atoms with Gasteiger partial charge in [-0.3, -0.25) is 4.79 Å². The lowest BCUT2D eigenvalue weighted by Gasteiger charge is -2.29. The molecule has 1 atom stereocenters. The van der Waals surface area contributed by atoms with Crippen molar-refractivity contribution in [3.63, 3.8) is 0 Å². The molecule has 1 amide bonds. The van der Waals surface area contributed by atoms with E-state index in [0.29, 0.717) is 5.82 Å². The second-order valence-electron chi connectivity index (χ2n) is 9.70. The zero-order valence-electron chi connectivity index (χ0n) is 20.7. The van der Waals surface area contributed by atoms with Crippen LogP contribution in [0.4, 0.5) is 5.82 Å². The molecular weight excluding hydrogens is 452 g/mol. The first-order valence-electron chi connectivity index (χ1n) is 12.5. The van der Waals surface area contributed by atoms with E-state index in [9.17, 15) is 4.79 Å². The molecule has 2 aromatic heterocycles. The number of hydrogen-bond donors (Lipinski definition) is 2. The minimum Gasteiger partial charge on any atom is -0.483 e. The minimum absolute atomic E-state index is 0.0364. The summed E-state index contributed by atoms with van der Waals surface area (Å²) >= 11 is 0. The monoisotopic (exact) mass is 484 g/mol. The Hall–Kier alpha value is -3.94. The first-order valence-corrected chi connectivity index (χ1v) is 12.5. The third-order valence-corrected chi connectivity index (χ3v) is 6.92. The number of amides is 1. The summed E-state index contributed by atoms with van der Waals surface area (Å²) in [6.07, 6.45) is 17.5. The van der Waals surface area contributed by atoms with Crippen LogP contribution in [0, 0.1) is 0 Å². The van der Waals surface area contributed by atoms with Gasteiger partial charge < -0.3 is 15.8 Å². The Kier molecular flexibility index (Phi) is 6.59. The van der Waals surface area contributed by atoms with Gasteiger partial charge in [-0.05, 0) is 75.9 Å². The van der Waals surface area contributed by atoms with Crippen LogP contribution in [0.25, 0.3) is 22.3 Å². The molecular formula is C28H32N6O2. The highest BCUT2D eigenvalue weighted by molar-refractivity contribution is 5.98. The van der Waals surface area contributed by atoms with Gasteiger partial charge in [0.25, 0.3) is 0 Å². The average Bonchev–Trinajstić information content (AvgIpc) is 3.26. The number of nitrogens with one attached hydrogen (secondary N) is 1. The van der Waals surface area contributed by atoms with E-state index < -0.39 is 0 Å². The lowest BCUT2D eigenvalue weighted by Crippen LogP contribution is -2.37. The molecule has 0 aliphatic heterocycles. The van der Waals surface area contributed by atoms with Gasteiger partial charge in [-0.2, -0.15) is 5.10 Å². The summed E-state index contributed by atoms with van der Waals surface area (Å²) in [6, 6.07) is 8.31. The van der Waals surface area contributed by atoms with Gasteiger partial charge in [0.2, 0.25) is 5.91 Å². The summed E-state index contributed by atoms with van der Waals surface area (Å²) in [5, 5.41) is 8.84. The van der Waals surface area contributed by atoms with Gasteiger partial charge in [-0.15, -0.1) is 0 Å². The van der Waals surface area contributed by atoms with Crippen LogP contribution < -0.4 is 15.8 Å². The van der Waals surface area contributed by atoms with Gasteiger partial charge in [0.05, 0.1) is 11.4 Å². The van der Waals surface area contributed by atoms with Crippen LogP contribution in [0.2, 0.25) is 0 Å². The largest absolute Gasteiger partial charge is 0.483 e. The number of allylic oxidation sites excluding steroid dienone is 3. The molecule has 186 valence electrons. The molecule has 1 aromatic carbocycles. The number of carbonyl (C=O) groups excluding carboxylic acids is 1. The van der Waals surface area contributed by atoms with Crippen molar-refractivity contribution in [3.05, 3.63) is 67.0 Å². The van der Waals surface area contributed by atoms with Crippen molar-refractivity contribution < 1.29 is 9.53 Å². The van der Waals surface area contributed by atoms with Gasteiger partial charge in [-0.1, -0.05) is 24.3 Å². The Bertz CT molecular complexity index is 1330. The molecule has 1 unspecified atom stereocenters. The third-order valence-electron chi connectivity index (χ3n) is 6.92. The second kappa shape index (κ2) is 9.97. The highest BCUT2D eigenvalue weighted by Crippen LogP contribution is 2.36. The van der Waals surface area contributed by atoms with Gasteiger partial charge in [-0.25, -0.2) is 14.6 Å². The number of nitrogens with two attached hydrogens (primary N) is 1. The number of nitrogen functional groups attached to an aromatic ring is 1. The summed E-state index contributed by atoms with van der Waals surface area (Å²) in [6.45, 7) is 3.92. The van der Waals surface area contributed by atoms with Crippen molar-refractivity contribution in [1.82, 2.24) is 25.1 Å². The molecule has 1 saturated carbocycles. The summed E-state index contributed by atoms with van der Waals surface area (Å²) in [5.74, 6) is 1.18. The number of hydrogen-bond acceptors (Lipinski definition) is 6. The quantitative estimate of drug-likeness (QED) is 0.482. The zero-order valence-corrected chi connectivity index (χ0v) is 20.7. The highest BCUT2D eigenvalue weighted by Gasteiger charge is 2.28. The van der Waals surface area contributed by atoms with E-state index in [1.807, 2.05) is 48.0 Å². The molecule has 3 aromatic rings. The first-order chi connectivity index (χ1) is 17.5. The lowest BCUT2D eigenvalue weighted by molar-refractivity contribution is -0.117. The molecule has 1 fully saturated rings. The maximum absolute atomic E-state index is 11.9. The van der Waals surface area contributed by atoms with Crippen LogP contribution in [0.5, 0.6) is 5.75 Å². The number of nitrogens with zero attached hydrogens (tertiary/aromatic N) is 4. The summed E-state index contributed by atoms with van der Waals surface area (Å²) in [5.41, 5.74) is 8.41. The SMILES string of the molecule is C/C=C/C(=O)NC1CCC(n2nc(-c3ccc(OC4(C)C=CC=CC4)cc3)c3c(N)ncnc32)CC1. The van der Waals surface area contributed by atoms with Crippen LogP contribution >= 0.6 is 0 Å². The Labute approximate surface area is 211 Å². The Morgan fingerprint density at radius 1 is 1.17 bits per heavy atom. The van der Waals surface area contributed by atoms with E-state index in [2.05, 4.69) is 34.4 Å². The smallest absolute Gasteiger partial charge is 0.243 e. The number of rotatable bonds is 6. The molecule has 0 saturated heterocycles. The van der Waals surface area contributed by atoms with E-state index in [0.717, 1.165) is 60.1 Å². The maximum Gasteiger partial charge on any atom is 0.243 e. The van der Waals surface area contributed by atoms with Crippen molar-refractivity contribution in [1.29, 1.82) is 0 Å². The van der Waals surface area contributed by atoms with E-state index in [-0.39, 0.29) is 23.6 Å². The van der Waals surface area contributed by atoms with Crippen LogP contribution in [-0.4, -0.2) is 37.3 Å². The van der Waals surface area contributed by atoms with Crippen LogP contribution in [0.15, 0.2) is 67.0 Å². The summed E-state index contributed by atoms with van der Waals surface area (Å²) in [4.78, 5) is 20.7. The van der Waals surface area contributed by atoms with E-state index in [1.54, 1.807) is 12.2 Å². The van der Waals surface area contributed by atoms with E-state index in [1.165, 1.54) is 6.33 Å². The molecule has 2 heterocycles. The molecule has 8 heteroatoms. The Balaban J connectivity index is 1.38. The molecule has 0 bridgehead atoms. The summed E-state index contributed by atoms with van der Waals surface area (Å²) in [7, 11) is 0.